The van der Waals surface area contributed by atoms with E-state index in [1.54, 1.807) is 60.8 Å². The molecule has 0 bridgehead atoms. The molecule has 0 aliphatic carbocycles. The van der Waals surface area contributed by atoms with Crippen LogP contribution in [0.3, 0.4) is 0 Å². The monoisotopic (exact) mass is 371 g/mol. The largest absolute Gasteiger partial charge is 0.354 e. The van der Waals surface area contributed by atoms with Crippen LogP contribution in [0.15, 0.2) is 67.0 Å². The Morgan fingerprint density at radius 1 is 0.893 bits per heavy atom. The molecule has 138 valence electrons. The van der Waals surface area contributed by atoms with Gasteiger partial charge in [-0.3, -0.25) is 14.6 Å². The van der Waals surface area contributed by atoms with E-state index in [-0.39, 0.29) is 11.8 Å². The highest BCUT2D eigenvalue weighted by molar-refractivity contribution is 6.05. The third-order valence-corrected chi connectivity index (χ3v) is 3.74. The fraction of sp³-hybridized carbons (Fsp3) is 0.0476. The van der Waals surface area contributed by atoms with Crippen molar-refractivity contribution in [2.24, 2.45) is 0 Å². The molecular weight excluding hydrogens is 354 g/mol. The summed E-state index contributed by atoms with van der Waals surface area (Å²) in [7, 11) is 0. The Kier molecular flexibility index (Phi) is 5.63. The molecule has 0 unspecified atom stereocenters. The lowest BCUT2D eigenvalue weighted by Gasteiger charge is -2.10. The summed E-state index contributed by atoms with van der Waals surface area (Å²) in [6, 6.07) is 17.6. The van der Waals surface area contributed by atoms with Crippen molar-refractivity contribution in [3.63, 3.8) is 0 Å². The third kappa shape index (κ3) is 4.93. The molecule has 0 radical (unpaired) electrons. The van der Waals surface area contributed by atoms with Crippen molar-refractivity contribution in [3.8, 4) is 6.07 Å². The number of amides is 2. The Balaban J connectivity index is 1.71. The van der Waals surface area contributed by atoms with Crippen molar-refractivity contribution in [3.05, 3.63) is 78.1 Å². The lowest BCUT2D eigenvalue weighted by Crippen LogP contribution is -2.13. The number of anilines is 4. The molecule has 2 amide bonds. The van der Waals surface area contributed by atoms with Crippen LogP contribution >= 0.6 is 0 Å². The number of benzene rings is 2. The highest BCUT2D eigenvalue weighted by atomic mass is 16.2. The van der Waals surface area contributed by atoms with E-state index in [1.165, 1.54) is 13.1 Å². The zero-order valence-corrected chi connectivity index (χ0v) is 15.1. The Morgan fingerprint density at radius 2 is 1.61 bits per heavy atom. The minimum Gasteiger partial charge on any atom is -0.354 e. The first kappa shape index (κ1) is 18.6. The number of nitrogens with one attached hydrogen (secondary N) is 3. The first-order valence-corrected chi connectivity index (χ1v) is 8.45. The van der Waals surface area contributed by atoms with Gasteiger partial charge in [0.25, 0.3) is 5.91 Å². The minimum absolute atomic E-state index is 0.186. The van der Waals surface area contributed by atoms with Gasteiger partial charge in [-0.05, 0) is 48.5 Å². The summed E-state index contributed by atoms with van der Waals surface area (Å²) in [4.78, 5) is 27.8. The first-order valence-electron chi connectivity index (χ1n) is 8.45. The van der Waals surface area contributed by atoms with Crippen LogP contribution in [0.2, 0.25) is 0 Å². The van der Waals surface area contributed by atoms with Crippen LogP contribution in [0.4, 0.5) is 22.7 Å². The van der Waals surface area contributed by atoms with Crippen molar-refractivity contribution >= 4 is 34.6 Å². The summed E-state index contributed by atoms with van der Waals surface area (Å²) in [5.74, 6) is -0.509. The van der Waals surface area contributed by atoms with E-state index in [9.17, 15) is 9.59 Å². The Morgan fingerprint density at radius 3 is 2.29 bits per heavy atom. The summed E-state index contributed by atoms with van der Waals surface area (Å²) < 4.78 is 0. The van der Waals surface area contributed by atoms with E-state index in [1.807, 2.05) is 0 Å². The van der Waals surface area contributed by atoms with Crippen molar-refractivity contribution in [1.82, 2.24) is 4.98 Å². The normalized spacial score (nSPS) is 9.86. The van der Waals surface area contributed by atoms with Crippen molar-refractivity contribution < 1.29 is 9.59 Å². The summed E-state index contributed by atoms with van der Waals surface area (Å²) in [5, 5.41) is 17.5. The van der Waals surface area contributed by atoms with Gasteiger partial charge in [0.2, 0.25) is 5.91 Å². The van der Waals surface area contributed by atoms with E-state index < -0.39 is 0 Å². The van der Waals surface area contributed by atoms with Crippen LogP contribution in [0.1, 0.15) is 22.8 Å². The molecule has 7 nitrogen and oxygen atoms in total. The fourth-order valence-corrected chi connectivity index (χ4v) is 2.51. The molecule has 3 N–H and O–H groups in total. The first-order chi connectivity index (χ1) is 13.5. The number of rotatable bonds is 5. The molecule has 3 aromatic rings. The lowest BCUT2D eigenvalue weighted by molar-refractivity contribution is -0.114. The van der Waals surface area contributed by atoms with Gasteiger partial charge in [-0.15, -0.1) is 0 Å². The van der Waals surface area contributed by atoms with Gasteiger partial charge in [0.1, 0.15) is 0 Å². The predicted octanol–water partition coefficient (Wildman–Crippen LogP) is 3.91. The van der Waals surface area contributed by atoms with E-state index in [0.717, 1.165) is 5.69 Å². The maximum absolute atomic E-state index is 12.5. The molecule has 2 aromatic carbocycles. The van der Waals surface area contributed by atoms with Crippen LogP contribution in [-0.2, 0) is 4.79 Å². The number of hydrogen-bond donors (Lipinski definition) is 3. The number of aromatic nitrogens is 1. The molecule has 28 heavy (non-hydrogen) atoms. The molecule has 0 spiro atoms. The second-order valence-corrected chi connectivity index (χ2v) is 5.99. The van der Waals surface area contributed by atoms with Gasteiger partial charge in [0.15, 0.2) is 0 Å². The predicted molar refractivity (Wildman–Crippen MR) is 107 cm³/mol. The van der Waals surface area contributed by atoms with Gasteiger partial charge in [0, 0.05) is 30.2 Å². The molecule has 0 aliphatic heterocycles. The Hall–Kier alpha value is -4.18. The van der Waals surface area contributed by atoms with Gasteiger partial charge >= 0.3 is 0 Å². The summed E-state index contributed by atoms with van der Waals surface area (Å²) >= 11 is 0. The fourth-order valence-electron chi connectivity index (χ4n) is 2.51. The van der Waals surface area contributed by atoms with Crippen LogP contribution in [0, 0.1) is 11.3 Å². The van der Waals surface area contributed by atoms with E-state index in [4.69, 9.17) is 5.26 Å². The van der Waals surface area contributed by atoms with Gasteiger partial charge in [-0.1, -0.05) is 6.07 Å². The van der Waals surface area contributed by atoms with Crippen LogP contribution in [0.5, 0.6) is 0 Å². The molecule has 7 heteroatoms. The number of nitrogens with zero attached hydrogens (tertiary/aromatic N) is 2. The number of carbonyl (C=O) groups is 2. The number of nitriles is 1. The zero-order valence-electron chi connectivity index (χ0n) is 15.1. The number of carbonyl (C=O) groups excluding carboxylic acids is 2. The highest BCUT2D eigenvalue weighted by Gasteiger charge is 2.09. The molecule has 0 atom stereocenters. The number of hydrogen-bond acceptors (Lipinski definition) is 5. The minimum atomic E-state index is -0.323. The summed E-state index contributed by atoms with van der Waals surface area (Å²) in [6.45, 7) is 1.42. The molecule has 0 fully saturated rings. The van der Waals surface area contributed by atoms with Gasteiger partial charge in [-0.25, -0.2) is 0 Å². The van der Waals surface area contributed by atoms with Gasteiger partial charge < -0.3 is 16.0 Å². The molecule has 0 saturated heterocycles. The standard InChI is InChI=1S/C21H17N5O2/c1-14(27)24-18-3-2-4-19(10-18)26-21(28)16-9-20(13-23-12-16)25-17-7-5-15(11-22)6-8-17/h2-10,12-13,25H,1H3,(H,24,27)(H,26,28). The average Bonchev–Trinajstić information content (AvgIpc) is 2.68. The summed E-state index contributed by atoms with van der Waals surface area (Å²) in [5.41, 5.74) is 3.52. The van der Waals surface area contributed by atoms with Crippen molar-refractivity contribution in [2.75, 3.05) is 16.0 Å². The average molecular weight is 371 g/mol. The maximum atomic E-state index is 12.5. The summed E-state index contributed by atoms with van der Waals surface area (Å²) in [6.07, 6.45) is 3.07. The Labute approximate surface area is 162 Å². The lowest BCUT2D eigenvalue weighted by atomic mass is 10.2. The SMILES string of the molecule is CC(=O)Nc1cccc(NC(=O)c2cncc(Nc3ccc(C#N)cc3)c2)c1. The van der Waals surface area contributed by atoms with Crippen LogP contribution in [0.25, 0.3) is 0 Å². The maximum Gasteiger partial charge on any atom is 0.257 e. The smallest absolute Gasteiger partial charge is 0.257 e. The van der Waals surface area contributed by atoms with Crippen molar-refractivity contribution in [2.45, 2.75) is 6.92 Å². The molecular formula is C21H17N5O2. The van der Waals surface area contributed by atoms with Crippen molar-refractivity contribution in [1.29, 1.82) is 5.26 Å². The quantitative estimate of drug-likeness (QED) is 0.630. The molecule has 0 saturated carbocycles. The van der Waals surface area contributed by atoms with E-state index in [2.05, 4.69) is 27.0 Å². The highest BCUT2D eigenvalue weighted by Crippen LogP contribution is 2.19. The van der Waals surface area contributed by atoms with Crippen LogP contribution < -0.4 is 16.0 Å². The number of pyridine rings is 1. The zero-order chi connectivity index (χ0) is 19.9. The van der Waals surface area contributed by atoms with E-state index >= 15 is 0 Å². The van der Waals surface area contributed by atoms with E-state index in [0.29, 0.717) is 28.2 Å². The second kappa shape index (κ2) is 8.47. The van der Waals surface area contributed by atoms with Crippen LogP contribution in [-0.4, -0.2) is 16.8 Å². The Bertz CT molecular complexity index is 1050. The van der Waals surface area contributed by atoms with Gasteiger partial charge in [-0.2, -0.15) is 5.26 Å². The molecule has 3 rings (SSSR count). The van der Waals surface area contributed by atoms with Gasteiger partial charge in [0.05, 0.1) is 29.1 Å². The molecule has 1 aromatic heterocycles. The molecule has 0 aliphatic rings. The molecule has 1 heterocycles. The third-order valence-electron chi connectivity index (χ3n) is 3.74. The second-order valence-electron chi connectivity index (χ2n) is 5.99. The topological polar surface area (TPSA) is 107 Å².